The van der Waals surface area contributed by atoms with Gasteiger partial charge in [-0.15, -0.1) is 11.3 Å². The molecule has 3 rings (SSSR count). The number of rotatable bonds is 8. The highest BCUT2D eigenvalue weighted by Gasteiger charge is 2.27. The van der Waals surface area contributed by atoms with Crippen molar-refractivity contribution >= 4 is 52.2 Å². The Morgan fingerprint density at radius 3 is 2.47 bits per heavy atom. The summed E-state index contributed by atoms with van der Waals surface area (Å²) in [4.78, 5) is 42.4. The lowest BCUT2D eigenvalue weighted by molar-refractivity contribution is -0.125. The summed E-state index contributed by atoms with van der Waals surface area (Å²) in [6, 6.07) is 9.94. The van der Waals surface area contributed by atoms with Crippen LogP contribution in [0.4, 0.5) is 16.2 Å². The van der Waals surface area contributed by atoms with Crippen LogP contribution >= 0.6 is 22.9 Å². The molecule has 9 nitrogen and oxygen atoms in total. The van der Waals surface area contributed by atoms with Crippen LogP contribution in [0.25, 0.3) is 0 Å². The number of hydrogen-bond acceptors (Lipinski definition) is 7. The SMILES string of the molecule is COC(=O)N(CC(O)CN(C(=O)c1ccc(Cl)s1)C(C)C)c1ccc(N2CCOCC2=O)cc1. The molecule has 1 saturated heterocycles. The molecular formula is C23H28ClN3O6S. The number of nitrogens with zero attached hydrogens (tertiary/aromatic N) is 3. The van der Waals surface area contributed by atoms with Gasteiger partial charge >= 0.3 is 6.09 Å². The highest BCUT2D eigenvalue weighted by molar-refractivity contribution is 7.17. The van der Waals surface area contributed by atoms with Gasteiger partial charge in [0.05, 0.1) is 35.6 Å². The average Bonchev–Trinajstić information content (AvgIpc) is 3.26. The smallest absolute Gasteiger partial charge is 0.414 e. The quantitative estimate of drug-likeness (QED) is 0.586. The highest BCUT2D eigenvalue weighted by atomic mass is 35.5. The van der Waals surface area contributed by atoms with Crippen LogP contribution in [0.1, 0.15) is 23.5 Å². The summed E-state index contributed by atoms with van der Waals surface area (Å²) in [5.74, 6) is -0.375. The van der Waals surface area contributed by atoms with Crippen LogP contribution in [0.2, 0.25) is 4.34 Å². The van der Waals surface area contributed by atoms with Gasteiger partial charge in [-0.2, -0.15) is 0 Å². The molecule has 0 aliphatic carbocycles. The Balaban J connectivity index is 1.73. The lowest BCUT2D eigenvalue weighted by Crippen LogP contribution is -2.47. The van der Waals surface area contributed by atoms with E-state index in [0.717, 1.165) is 0 Å². The fourth-order valence-electron chi connectivity index (χ4n) is 3.59. The van der Waals surface area contributed by atoms with Crippen molar-refractivity contribution in [2.24, 2.45) is 0 Å². The Morgan fingerprint density at radius 1 is 1.21 bits per heavy atom. The average molecular weight is 510 g/mol. The molecule has 184 valence electrons. The van der Waals surface area contributed by atoms with E-state index in [1.165, 1.54) is 28.2 Å². The van der Waals surface area contributed by atoms with E-state index < -0.39 is 12.2 Å². The molecule has 2 heterocycles. The number of carbonyl (C=O) groups is 3. The van der Waals surface area contributed by atoms with Crippen molar-refractivity contribution in [1.82, 2.24) is 4.90 Å². The minimum Gasteiger partial charge on any atom is -0.452 e. The highest BCUT2D eigenvalue weighted by Crippen LogP contribution is 2.25. The largest absolute Gasteiger partial charge is 0.452 e. The topological polar surface area (TPSA) is 99.6 Å². The molecule has 0 spiro atoms. The monoisotopic (exact) mass is 509 g/mol. The standard InChI is InChI=1S/C23H28ClN3O6S/c1-15(2)26(22(30)19-8-9-20(24)34-19)12-18(28)13-27(23(31)32-3)17-6-4-16(5-7-17)25-10-11-33-14-21(25)29/h4-9,15,18,28H,10-14H2,1-3H3. The van der Waals surface area contributed by atoms with Gasteiger partial charge in [0, 0.05) is 30.5 Å². The predicted molar refractivity (Wildman–Crippen MR) is 131 cm³/mol. The number of aliphatic hydroxyl groups is 1. The van der Waals surface area contributed by atoms with Crippen molar-refractivity contribution in [3.05, 3.63) is 45.6 Å². The Morgan fingerprint density at radius 2 is 1.91 bits per heavy atom. The van der Waals surface area contributed by atoms with Gasteiger partial charge in [-0.25, -0.2) is 4.79 Å². The maximum absolute atomic E-state index is 12.9. The first-order chi connectivity index (χ1) is 16.2. The molecule has 1 aromatic heterocycles. The normalized spacial score (nSPS) is 14.8. The molecule has 1 aliphatic rings. The molecule has 1 atom stereocenters. The van der Waals surface area contributed by atoms with Gasteiger partial charge < -0.3 is 24.4 Å². The first kappa shape index (κ1) is 26.0. The van der Waals surface area contributed by atoms with E-state index >= 15 is 0 Å². The van der Waals surface area contributed by atoms with Gasteiger partial charge in [0.15, 0.2) is 0 Å². The molecule has 0 bridgehead atoms. The van der Waals surface area contributed by atoms with E-state index in [1.54, 1.807) is 41.3 Å². The summed E-state index contributed by atoms with van der Waals surface area (Å²) in [7, 11) is 1.26. The summed E-state index contributed by atoms with van der Waals surface area (Å²) in [5.41, 5.74) is 1.18. The van der Waals surface area contributed by atoms with Crippen molar-refractivity contribution in [2.45, 2.75) is 26.0 Å². The Labute approximate surface area is 207 Å². The minimum absolute atomic E-state index is 0.0138. The van der Waals surface area contributed by atoms with E-state index in [0.29, 0.717) is 33.7 Å². The van der Waals surface area contributed by atoms with Crippen LogP contribution in [0.15, 0.2) is 36.4 Å². The van der Waals surface area contributed by atoms with Gasteiger partial charge in [0.1, 0.15) is 6.61 Å². The van der Waals surface area contributed by atoms with Gasteiger partial charge in [-0.05, 0) is 50.2 Å². The lowest BCUT2D eigenvalue weighted by atomic mass is 10.2. The summed E-state index contributed by atoms with van der Waals surface area (Å²) in [6.45, 7) is 4.56. The number of ether oxygens (including phenoxy) is 2. The number of methoxy groups -OCH3 is 1. The zero-order valence-corrected chi connectivity index (χ0v) is 20.8. The Bertz CT molecular complexity index is 1010. The first-order valence-electron chi connectivity index (χ1n) is 10.8. The number of amides is 3. The summed E-state index contributed by atoms with van der Waals surface area (Å²) >= 11 is 7.14. The number of benzene rings is 1. The molecule has 1 unspecified atom stereocenters. The fraction of sp³-hybridized carbons (Fsp3) is 0.435. The molecule has 11 heteroatoms. The number of aliphatic hydroxyl groups excluding tert-OH is 1. The molecule has 3 amide bonds. The van der Waals surface area contributed by atoms with Crippen molar-refractivity contribution in [1.29, 1.82) is 0 Å². The van der Waals surface area contributed by atoms with E-state index in [-0.39, 0.29) is 37.6 Å². The van der Waals surface area contributed by atoms with E-state index in [9.17, 15) is 19.5 Å². The second-order valence-corrected chi connectivity index (χ2v) is 9.72. The molecule has 1 aromatic carbocycles. The number of carbonyl (C=O) groups excluding carboxylic acids is 3. The van der Waals surface area contributed by atoms with Gasteiger partial charge in [0.25, 0.3) is 11.8 Å². The number of thiophene rings is 1. The van der Waals surface area contributed by atoms with Crippen molar-refractivity contribution in [2.75, 3.05) is 49.8 Å². The zero-order valence-electron chi connectivity index (χ0n) is 19.3. The predicted octanol–water partition coefficient (Wildman–Crippen LogP) is 3.25. The van der Waals surface area contributed by atoms with Gasteiger partial charge in [-0.3, -0.25) is 14.5 Å². The molecule has 0 saturated carbocycles. The van der Waals surface area contributed by atoms with Crippen molar-refractivity contribution in [3.8, 4) is 0 Å². The van der Waals surface area contributed by atoms with Crippen LogP contribution in [0, 0.1) is 0 Å². The van der Waals surface area contributed by atoms with E-state index in [1.807, 2.05) is 13.8 Å². The summed E-state index contributed by atoms with van der Waals surface area (Å²) in [6.07, 6.45) is -1.69. The van der Waals surface area contributed by atoms with Crippen LogP contribution in [-0.2, 0) is 14.3 Å². The Hall–Kier alpha value is -2.66. The fourth-order valence-corrected chi connectivity index (χ4v) is 4.59. The third-order valence-electron chi connectivity index (χ3n) is 5.32. The minimum atomic E-state index is -1.04. The zero-order chi connectivity index (χ0) is 24.8. The van der Waals surface area contributed by atoms with Crippen LogP contribution in [-0.4, -0.2) is 80.0 Å². The lowest BCUT2D eigenvalue weighted by Gasteiger charge is -2.31. The summed E-state index contributed by atoms with van der Waals surface area (Å²) in [5, 5.41) is 10.8. The third-order valence-corrected chi connectivity index (χ3v) is 6.54. The number of halogens is 1. The molecule has 0 radical (unpaired) electrons. The van der Waals surface area contributed by atoms with Gasteiger partial charge in [0.2, 0.25) is 0 Å². The molecule has 34 heavy (non-hydrogen) atoms. The molecule has 1 fully saturated rings. The maximum atomic E-state index is 12.9. The van der Waals surface area contributed by atoms with E-state index in [2.05, 4.69) is 0 Å². The third kappa shape index (κ3) is 6.26. The number of hydrogen-bond donors (Lipinski definition) is 1. The molecule has 2 aromatic rings. The maximum Gasteiger partial charge on any atom is 0.414 e. The molecule has 1 N–H and O–H groups in total. The second kappa shape index (κ2) is 11.7. The Kier molecular flexibility index (Phi) is 8.90. The summed E-state index contributed by atoms with van der Waals surface area (Å²) < 4.78 is 10.6. The van der Waals surface area contributed by atoms with Crippen LogP contribution in [0.5, 0.6) is 0 Å². The van der Waals surface area contributed by atoms with Gasteiger partial charge in [-0.1, -0.05) is 11.6 Å². The van der Waals surface area contributed by atoms with Crippen LogP contribution < -0.4 is 9.80 Å². The number of morpholine rings is 1. The second-order valence-electron chi connectivity index (χ2n) is 8.00. The number of anilines is 2. The molecular weight excluding hydrogens is 482 g/mol. The van der Waals surface area contributed by atoms with Crippen molar-refractivity contribution < 1.29 is 29.0 Å². The van der Waals surface area contributed by atoms with E-state index in [4.69, 9.17) is 21.1 Å². The first-order valence-corrected chi connectivity index (χ1v) is 12.0. The van der Waals surface area contributed by atoms with Crippen LogP contribution in [0.3, 0.4) is 0 Å². The van der Waals surface area contributed by atoms with Crippen molar-refractivity contribution in [3.63, 3.8) is 0 Å². The molecule has 1 aliphatic heterocycles.